The third kappa shape index (κ3) is 3.42. The molecular formula is C19H21N5O4. The van der Waals surface area contributed by atoms with Crippen LogP contribution in [0.4, 0.5) is 0 Å². The van der Waals surface area contributed by atoms with E-state index in [-0.39, 0.29) is 23.9 Å². The molecule has 0 radical (unpaired) electrons. The Morgan fingerprint density at radius 3 is 2.93 bits per heavy atom. The fourth-order valence-corrected chi connectivity index (χ4v) is 3.25. The van der Waals surface area contributed by atoms with Gasteiger partial charge in [-0.1, -0.05) is 6.07 Å². The molecule has 2 aromatic heterocycles. The van der Waals surface area contributed by atoms with Crippen LogP contribution in [0.15, 0.2) is 29.3 Å². The van der Waals surface area contributed by atoms with Crippen molar-refractivity contribution in [2.75, 3.05) is 13.2 Å². The number of aromatic nitrogens is 4. The first kappa shape index (κ1) is 18.0. The van der Waals surface area contributed by atoms with Crippen LogP contribution >= 0.6 is 0 Å². The number of rotatable bonds is 5. The van der Waals surface area contributed by atoms with E-state index in [1.165, 1.54) is 10.8 Å². The van der Waals surface area contributed by atoms with Crippen molar-refractivity contribution in [3.8, 4) is 11.5 Å². The predicted molar refractivity (Wildman–Crippen MR) is 101 cm³/mol. The number of H-pyrrole nitrogens is 1. The smallest absolute Gasteiger partial charge is 0.277 e. The zero-order chi connectivity index (χ0) is 19.7. The molecule has 28 heavy (non-hydrogen) atoms. The van der Waals surface area contributed by atoms with Gasteiger partial charge in [0.25, 0.3) is 11.3 Å². The van der Waals surface area contributed by atoms with E-state index in [1.54, 1.807) is 6.92 Å². The van der Waals surface area contributed by atoms with Crippen molar-refractivity contribution >= 4 is 11.7 Å². The molecule has 1 aliphatic heterocycles. The average molecular weight is 383 g/mol. The highest BCUT2D eigenvalue weighted by Gasteiger charge is 2.17. The maximum atomic E-state index is 12.5. The molecule has 9 heteroatoms. The first-order chi connectivity index (χ1) is 13.5. The molecular weight excluding hydrogens is 362 g/mol. The van der Waals surface area contributed by atoms with E-state index in [2.05, 4.69) is 20.4 Å². The second-order valence-corrected chi connectivity index (χ2v) is 6.70. The Morgan fingerprint density at radius 1 is 1.32 bits per heavy atom. The molecule has 1 amide bonds. The van der Waals surface area contributed by atoms with Gasteiger partial charge in [0, 0.05) is 12.0 Å². The van der Waals surface area contributed by atoms with E-state index >= 15 is 0 Å². The molecule has 0 aliphatic carbocycles. The first-order valence-corrected chi connectivity index (χ1v) is 9.13. The van der Waals surface area contributed by atoms with Gasteiger partial charge in [0.15, 0.2) is 11.5 Å². The summed E-state index contributed by atoms with van der Waals surface area (Å²) in [5.41, 5.74) is 1.79. The van der Waals surface area contributed by atoms with Crippen LogP contribution in [0.3, 0.4) is 0 Å². The maximum Gasteiger partial charge on any atom is 0.277 e. The van der Waals surface area contributed by atoms with Crippen LogP contribution in [-0.2, 0) is 11.2 Å². The molecule has 9 nitrogen and oxygen atoms in total. The normalized spacial score (nSPS) is 14.1. The largest absolute Gasteiger partial charge is 0.486 e. The fourth-order valence-electron chi connectivity index (χ4n) is 3.25. The molecule has 1 atom stereocenters. The number of fused-ring (bicyclic) bond motifs is 2. The molecule has 0 bridgehead atoms. The van der Waals surface area contributed by atoms with E-state index in [1.807, 2.05) is 25.1 Å². The lowest BCUT2D eigenvalue weighted by molar-refractivity contribution is -0.121. The lowest BCUT2D eigenvalue weighted by atomic mass is 10.1. The second-order valence-electron chi connectivity index (χ2n) is 6.70. The average Bonchev–Trinajstić information content (AvgIpc) is 3.16. The van der Waals surface area contributed by atoms with Crippen LogP contribution in [0.2, 0.25) is 0 Å². The van der Waals surface area contributed by atoms with Crippen molar-refractivity contribution < 1.29 is 14.3 Å². The zero-order valence-electron chi connectivity index (χ0n) is 15.7. The number of ether oxygens (including phenoxy) is 2. The van der Waals surface area contributed by atoms with Crippen LogP contribution in [-0.4, -0.2) is 38.7 Å². The fraction of sp³-hybridized carbons (Fsp3) is 0.368. The van der Waals surface area contributed by atoms with E-state index in [4.69, 9.17) is 9.47 Å². The number of aromatic amines is 1. The number of benzene rings is 1. The van der Waals surface area contributed by atoms with Crippen molar-refractivity contribution in [2.24, 2.45) is 0 Å². The third-order valence-corrected chi connectivity index (χ3v) is 4.78. The quantitative estimate of drug-likeness (QED) is 0.687. The molecule has 0 spiro atoms. The highest BCUT2D eigenvalue weighted by Crippen LogP contribution is 2.32. The van der Waals surface area contributed by atoms with Gasteiger partial charge in [-0.2, -0.15) is 4.52 Å². The second kappa shape index (κ2) is 7.34. The molecule has 2 N–H and O–H groups in total. The van der Waals surface area contributed by atoms with E-state index in [0.29, 0.717) is 48.2 Å². The number of amides is 1. The van der Waals surface area contributed by atoms with Crippen LogP contribution in [0.5, 0.6) is 11.5 Å². The molecule has 146 valence electrons. The lowest BCUT2D eigenvalue weighted by Crippen LogP contribution is -2.28. The molecule has 1 aromatic carbocycles. The standard InChI is InChI=1S/C19H21N5O4/c1-11(13-3-5-15-16(9-13)28-8-7-27-15)22-17(25)6-4-14-12(2)23-19-20-10-21-24(19)18(14)26/h3,5,9-11H,4,6-8H2,1-2H3,(H,22,25)(H,20,21,23)/t11-/m1/s1. The topological polar surface area (TPSA) is 111 Å². The molecule has 3 heterocycles. The summed E-state index contributed by atoms with van der Waals surface area (Å²) < 4.78 is 12.4. The van der Waals surface area contributed by atoms with Gasteiger partial charge in [-0.05, 0) is 38.0 Å². The number of nitrogens with one attached hydrogen (secondary N) is 2. The monoisotopic (exact) mass is 383 g/mol. The van der Waals surface area contributed by atoms with Gasteiger partial charge >= 0.3 is 0 Å². The Bertz CT molecular complexity index is 1090. The molecule has 1 aliphatic rings. The SMILES string of the molecule is Cc1nc2nc[nH]n2c(=O)c1CCC(=O)N[C@H](C)c1ccc2c(c1)OCCO2. The molecule has 0 saturated heterocycles. The Kier molecular flexibility index (Phi) is 4.72. The van der Waals surface area contributed by atoms with Gasteiger partial charge in [0.1, 0.15) is 19.5 Å². The van der Waals surface area contributed by atoms with E-state index in [0.717, 1.165) is 5.56 Å². The zero-order valence-corrected chi connectivity index (χ0v) is 15.7. The minimum absolute atomic E-state index is 0.143. The number of nitrogens with zero attached hydrogens (tertiary/aromatic N) is 3. The summed E-state index contributed by atoms with van der Waals surface area (Å²) >= 11 is 0. The Balaban J connectivity index is 1.41. The first-order valence-electron chi connectivity index (χ1n) is 9.13. The van der Waals surface area contributed by atoms with Gasteiger partial charge in [-0.15, -0.1) is 0 Å². The highest BCUT2D eigenvalue weighted by molar-refractivity contribution is 5.76. The van der Waals surface area contributed by atoms with Crippen LogP contribution in [0, 0.1) is 6.92 Å². The number of aryl methyl sites for hydroxylation is 1. The predicted octanol–water partition coefficient (Wildman–Crippen LogP) is 1.31. The molecule has 4 rings (SSSR count). The Hall–Kier alpha value is -3.36. The molecule has 0 unspecified atom stereocenters. The number of carbonyl (C=O) groups excluding carboxylic acids is 1. The number of hydrogen-bond donors (Lipinski definition) is 2. The van der Waals surface area contributed by atoms with Crippen LogP contribution in [0.25, 0.3) is 5.78 Å². The summed E-state index contributed by atoms with van der Waals surface area (Å²) in [5, 5.41) is 5.69. The summed E-state index contributed by atoms with van der Waals surface area (Å²) in [5.74, 6) is 1.58. The van der Waals surface area contributed by atoms with Crippen LogP contribution in [0.1, 0.15) is 36.2 Å². The van der Waals surface area contributed by atoms with E-state index in [9.17, 15) is 9.59 Å². The molecule has 0 fully saturated rings. The minimum Gasteiger partial charge on any atom is -0.486 e. The van der Waals surface area contributed by atoms with Crippen molar-refractivity contribution in [3.05, 3.63) is 51.7 Å². The third-order valence-electron chi connectivity index (χ3n) is 4.78. The number of carbonyl (C=O) groups is 1. The van der Waals surface area contributed by atoms with Crippen LogP contribution < -0.4 is 20.3 Å². The van der Waals surface area contributed by atoms with Gasteiger partial charge in [0.2, 0.25) is 5.91 Å². The Labute approximate surface area is 160 Å². The number of hydrogen-bond acceptors (Lipinski definition) is 6. The Morgan fingerprint density at radius 2 is 2.11 bits per heavy atom. The molecule has 3 aromatic rings. The van der Waals surface area contributed by atoms with Gasteiger partial charge < -0.3 is 14.8 Å². The minimum atomic E-state index is -0.229. The van der Waals surface area contributed by atoms with Crippen molar-refractivity contribution in [1.29, 1.82) is 0 Å². The summed E-state index contributed by atoms with van der Waals surface area (Å²) in [6.45, 7) is 4.71. The maximum absolute atomic E-state index is 12.5. The van der Waals surface area contributed by atoms with Gasteiger partial charge in [-0.25, -0.2) is 9.97 Å². The van der Waals surface area contributed by atoms with Crippen molar-refractivity contribution in [2.45, 2.75) is 32.7 Å². The summed E-state index contributed by atoms with van der Waals surface area (Å²) in [6, 6.07) is 5.44. The van der Waals surface area contributed by atoms with Gasteiger partial charge in [0.05, 0.1) is 11.7 Å². The highest BCUT2D eigenvalue weighted by atomic mass is 16.6. The lowest BCUT2D eigenvalue weighted by Gasteiger charge is -2.21. The van der Waals surface area contributed by atoms with E-state index < -0.39 is 0 Å². The molecule has 0 saturated carbocycles. The summed E-state index contributed by atoms with van der Waals surface area (Å²) in [6.07, 6.45) is 1.90. The van der Waals surface area contributed by atoms with Gasteiger partial charge in [-0.3, -0.25) is 14.7 Å². The van der Waals surface area contributed by atoms with Crippen molar-refractivity contribution in [1.82, 2.24) is 24.9 Å². The van der Waals surface area contributed by atoms with Crippen molar-refractivity contribution in [3.63, 3.8) is 0 Å². The summed E-state index contributed by atoms with van der Waals surface area (Å²) in [7, 11) is 0. The summed E-state index contributed by atoms with van der Waals surface area (Å²) in [4.78, 5) is 33.2.